The lowest BCUT2D eigenvalue weighted by Gasteiger charge is -2.21. The Balaban J connectivity index is 2.27. The maximum atomic E-state index is 13.0. The predicted octanol–water partition coefficient (Wildman–Crippen LogP) is 4.08. The second kappa shape index (κ2) is 10.2. The first kappa shape index (κ1) is 22.6. The molecule has 0 saturated heterocycles. The Morgan fingerprint density at radius 2 is 1.72 bits per heavy atom. The summed E-state index contributed by atoms with van der Waals surface area (Å²) in [7, 11) is -3.73. The van der Waals surface area contributed by atoms with E-state index in [0.717, 1.165) is 11.1 Å². The molecule has 0 bridgehead atoms. The minimum atomic E-state index is -3.73. The molecule has 29 heavy (non-hydrogen) atoms. The van der Waals surface area contributed by atoms with Gasteiger partial charge in [0.15, 0.2) is 0 Å². The molecular weight excluding hydrogens is 388 g/mol. The van der Waals surface area contributed by atoms with Crippen molar-refractivity contribution < 1.29 is 17.9 Å². The molecule has 0 unspecified atom stereocenters. The molecule has 156 valence electrons. The summed E-state index contributed by atoms with van der Waals surface area (Å²) < 4.78 is 32.8. The predicted molar refractivity (Wildman–Crippen MR) is 117 cm³/mol. The molecule has 0 spiro atoms. The number of nitrogens with one attached hydrogen (secondary N) is 1. The van der Waals surface area contributed by atoms with E-state index in [1.165, 1.54) is 16.4 Å². The summed E-state index contributed by atoms with van der Waals surface area (Å²) in [5, 5.41) is 2.72. The van der Waals surface area contributed by atoms with Crippen molar-refractivity contribution in [3.05, 3.63) is 59.7 Å². The van der Waals surface area contributed by atoms with Crippen LogP contribution in [0.2, 0.25) is 0 Å². The lowest BCUT2D eigenvalue weighted by molar-refractivity contribution is -0.111. The molecule has 2 rings (SSSR count). The molecule has 0 saturated carbocycles. The van der Waals surface area contributed by atoms with E-state index >= 15 is 0 Å². The van der Waals surface area contributed by atoms with E-state index in [2.05, 4.69) is 5.32 Å². The summed E-state index contributed by atoms with van der Waals surface area (Å²) in [5.41, 5.74) is 2.43. The van der Waals surface area contributed by atoms with Crippen LogP contribution in [0.15, 0.2) is 53.4 Å². The molecule has 6 nitrogen and oxygen atoms in total. The van der Waals surface area contributed by atoms with Crippen LogP contribution < -0.4 is 10.1 Å². The minimum absolute atomic E-state index is 0.0448. The summed E-state index contributed by atoms with van der Waals surface area (Å²) in [6.45, 7) is 8.38. The van der Waals surface area contributed by atoms with Crippen molar-refractivity contribution in [1.29, 1.82) is 0 Å². The van der Waals surface area contributed by atoms with Crippen molar-refractivity contribution in [3.8, 4) is 5.75 Å². The summed E-state index contributed by atoms with van der Waals surface area (Å²) in [5.74, 6) is -0.0754. The van der Waals surface area contributed by atoms with E-state index in [1.54, 1.807) is 39.0 Å². The Morgan fingerprint density at radius 3 is 2.31 bits per heavy atom. The van der Waals surface area contributed by atoms with E-state index in [0.29, 0.717) is 25.4 Å². The number of benzene rings is 2. The van der Waals surface area contributed by atoms with Crippen LogP contribution in [0.4, 0.5) is 5.69 Å². The molecule has 2 aromatic rings. The van der Waals surface area contributed by atoms with Gasteiger partial charge in [0.1, 0.15) is 10.6 Å². The number of carbonyl (C=O) groups is 1. The Morgan fingerprint density at radius 1 is 1.07 bits per heavy atom. The lowest BCUT2D eigenvalue weighted by atomic mass is 10.1. The van der Waals surface area contributed by atoms with Gasteiger partial charge in [0.05, 0.1) is 6.61 Å². The SMILES string of the molecule is CCOc1ccc(NC(=O)/C=C/c2ccc(C)cc2)cc1S(=O)(=O)N(CC)CC. The van der Waals surface area contributed by atoms with E-state index < -0.39 is 10.0 Å². The molecule has 1 amide bonds. The highest BCUT2D eigenvalue weighted by atomic mass is 32.2. The first-order valence-electron chi connectivity index (χ1n) is 9.64. The number of amides is 1. The fourth-order valence-corrected chi connectivity index (χ4v) is 4.41. The maximum absolute atomic E-state index is 13.0. The van der Waals surface area contributed by atoms with Gasteiger partial charge in [-0.05, 0) is 43.7 Å². The van der Waals surface area contributed by atoms with Gasteiger partial charge in [-0.15, -0.1) is 0 Å². The molecule has 0 aliphatic carbocycles. The molecule has 7 heteroatoms. The molecular formula is C22H28N2O4S. The Labute approximate surface area is 173 Å². The molecule has 0 aliphatic heterocycles. The molecule has 0 aliphatic rings. The fourth-order valence-electron chi connectivity index (χ4n) is 2.80. The van der Waals surface area contributed by atoms with Crippen LogP contribution in [0.3, 0.4) is 0 Å². The van der Waals surface area contributed by atoms with Crippen LogP contribution in [0.25, 0.3) is 6.08 Å². The Hall–Kier alpha value is -2.64. The highest BCUT2D eigenvalue weighted by molar-refractivity contribution is 7.89. The first-order valence-corrected chi connectivity index (χ1v) is 11.1. The van der Waals surface area contributed by atoms with Gasteiger partial charge in [0.25, 0.3) is 0 Å². The molecule has 0 atom stereocenters. The van der Waals surface area contributed by atoms with E-state index in [1.807, 2.05) is 31.2 Å². The number of hydrogen-bond acceptors (Lipinski definition) is 4. The smallest absolute Gasteiger partial charge is 0.248 e. The second-order valence-electron chi connectivity index (χ2n) is 6.42. The highest BCUT2D eigenvalue weighted by Crippen LogP contribution is 2.30. The van der Waals surface area contributed by atoms with Gasteiger partial charge in [0, 0.05) is 24.9 Å². The zero-order valence-corrected chi connectivity index (χ0v) is 18.1. The van der Waals surface area contributed by atoms with Crippen LogP contribution in [-0.4, -0.2) is 38.3 Å². The number of rotatable bonds is 9. The second-order valence-corrected chi connectivity index (χ2v) is 8.32. The maximum Gasteiger partial charge on any atom is 0.248 e. The number of ether oxygens (including phenoxy) is 1. The largest absolute Gasteiger partial charge is 0.492 e. The number of hydrogen-bond donors (Lipinski definition) is 1. The van der Waals surface area contributed by atoms with E-state index in [9.17, 15) is 13.2 Å². The summed E-state index contributed by atoms with van der Waals surface area (Å²) in [4.78, 5) is 12.3. The van der Waals surface area contributed by atoms with Gasteiger partial charge in [-0.25, -0.2) is 8.42 Å². The quantitative estimate of drug-likeness (QED) is 0.625. The third kappa shape index (κ3) is 5.92. The van der Waals surface area contributed by atoms with Gasteiger partial charge in [0.2, 0.25) is 15.9 Å². The van der Waals surface area contributed by atoms with Crippen molar-refractivity contribution in [2.24, 2.45) is 0 Å². The molecule has 0 heterocycles. The number of anilines is 1. The number of nitrogens with zero attached hydrogens (tertiary/aromatic N) is 1. The molecule has 2 aromatic carbocycles. The molecule has 1 N–H and O–H groups in total. The normalized spacial score (nSPS) is 11.8. The molecule has 0 fully saturated rings. The Kier molecular flexibility index (Phi) is 7.99. The number of sulfonamides is 1. The van der Waals surface area contributed by atoms with Crippen LogP contribution in [0.1, 0.15) is 31.9 Å². The van der Waals surface area contributed by atoms with Crippen LogP contribution in [0.5, 0.6) is 5.75 Å². The zero-order chi connectivity index (χ0) is 21.4. The van der Waals surface area contributed by atoms with Crippen LogP contribution in [-0.2, 0) is 14.8 Å². The Bertz CT molecular complexity index is 963. The van der Waals surface area contributed by atoms with Gasteiger partial charge in [-0.1, -0.05) is 43.7 Å². The monoisotopic (exact) mass is 416 g/mol. The van der Waals surface area contributed by atoms with Crippen molar-refractivity contribution in [1.82, 2.24) is 4.31 Å². The highest BCUT2D eigenvalue weighted by Gasteiger charge is 2.26. The summed E-state index contributed by atoms with van der Waals surface area (Å²) in [6, 6.07) is 12.4. The van der Waals surface area contributed by atoms with Gasteiger partial charge in [-0.2, -0.15) is 4.31 Å². The average molecular weight is 417 g/mol. The van der Waals surface area contributed by atoms with Crippen molar-refractivity contribution in [2.75, 3.05) is 25.0 Å². The van der Waals surface area contributed by atoms with Gasteiger partial charge >= 0.3 is 0 Å². The van der Waals surface area contributed by atoms with Crippen molar-refractivity contribution in [3.63, 3.8) is 0 Å². The van der Waals surface area contributed by atoms with E-state index in [-0.39, 0.29) is 16.6 Å². The lowest BCUT2D eigenvalue weighted by Crippen LogP contribution is -2.31. The number of aryl methyl sites for hydroxylation is 1. The standard InChI is InChI=1S/C22H28N2O4S/c1-5-24(6-2)29(26,27)21-16-19(13-14-20(21)28-7-3)23-22(25)15-12-18-10-8-17(4)9-11-18/h8-16H,5-7H2,1-4H3,(H,23,25)/b15-12+. The third-order valence-corrected chi connectivity index (χ3v) is 6.41. The average Bonchev–Trinajstić information content (AvgIpc) is 2.69. The third-order valence-electron chi connectivity index (χ3n) is 4.34. The van der Waals surface area contributed by atoms with Gasteiger partial charge in [-0.3, -0.25) is 4.79 Å². The van der Waals surface area contributed by atoms with Crippen LogP contribution in [0, 0.1) is 6.92 Å². The molecule has 0 radical (unpaired) electrons. The van der Waals surface area contributed by atoms with E-state index in [4.69, 9.17) is 4.74 Å². The van der Waals surface area contributed by atoms with Crippen molar-refractivity contribution in [2.45, 2.75) is 32.6 Å². The van der Waals surface area contributed by atoms with Crippen molar-refractivity contribution >= 4 is 27.7 Å². The van der Waals surface area contributed by atoms with Crippen LogP contribution >= 0.6 is 0 Å². The number of carbonyl (C=O) groups excluding carboxylic acids is 1. The first-order chi connectivity index (χ1) is 13.8. The summed E-state index contributed by atoms with van der Waals surface area (Å²) in [6.07, 6.45) is 3.12. The topological polar surface area (TPSA) is 75.7 Å². The zero-order valence-electron chi connectivity index (χ0n) is 17.3. The fraction of sp³-hybridized carbons (Fsp3) is 0.318. The summed E-state index contributed by atoms with van der Waals surface area (Å²) >= 11 is 0. The molecule has 0 aromatic heterocycles. The van der Waals surface area contributed by atoms with Gasteiger partial charge < -0.3 is 10.1 Å². The minimum Gasteiger partial charge on any atom is -0.492 e.